The van der Waals surface area contributed by atoms with E-state index in [1.54, 1.807) is 0 Å². The van der Waals surface area contributed by atoms with Gasteiger partial charge in [0.2, 0.25) is 0 Å². The molecule has 0 unspecified atom stereocenters. The Balaban J connectivity index is 2.61. The summed E-state index contributed by atoms with van der Waals surface area (Å²) in [5.74, 6) is -7.25. The van der Waals surface area contributed by atoms with E-state index in [0.29, 0.717) is 0 Å². The smallest absolute Gasteiger partial charge is 0.455 e. The van der Waals surface area contributed by atoms with Crippen LogP contribution < -0.4 is 10.00 Å². The van der Waals surface area contributed by atoms with Crippen molar-refractivity contribution in [3.8, 4) is 0 Å². The van der Waals surface area contributed by atoms with E-state index in [4.69, 9.17) is 5.11 Å². The van der Waals surface area contributed by atoms with Gasteiger partial charge in [-0.05, 0) is 5.10 Å². The quantitative estimate of drug-likeness (QED) is 0.597. The number of hydrogen-bond donors (Lipinski definition) is 2. The molecule has 0 spiro atoms. The molecule has 11 heteroatoms. The molecule has 0 bridgehead atoms. The molecule has 0 saturated carbocycles. The second-order valence-electron chi connectivity index (χ2n) is 4.21. The molecule has 0 aliphatic carbocycles. The molecule has 1 aromatic heterocycles. The summed E-state index contributed by atoms with van der Waals surface area (Å²) in [7, 11) is 0. The Labute approximate surface area is 120 Å². The van der Waals surface area contributed by atoms with Crippen molar-refractivity contribution in [1.29, 1.82) is 0 Å². The number of alkyl halides is 5. The summed E-state index contributed by atoms with van der Waals surface area (Å²) in [5, 5.41) is 13.6. The third kappa shape index (κ3) is 4.90. The van der Waals surface area contributed by atoms with Gasteiger partial charge < -0.3 is 10.4 Å². The molecule has 0 radical (unpaired) electrons. The molecule has 1 amide bonds. The van der Waals surface area contributed by atoms with E-state index in [0.717, 1.165) is 12.3 Å². The summed E-state index contributed by atoms with van der Waals surface area (Å²) in [5.41, 5.74) is -0.232. The number of aliphatic carboxylic acids is 1. The Morgan fingerprint density at radius 2 is 1.91 bits per heavy atom. The summed E-state index contributed by atoms with van der Waals surface area (Å²) < 4.78 is 62.2. The standard InChI is InChI=1S/C11H10F5N3O3/c12-10(13,11(14,15)16)6-17-9(22)7-1-3-19(18-5-7)4-2-8(20)21/h1,3,5H,2,4,6H2,(H-,17,20,21,22)/p+1. The topological polar surface area (TPSA) is 83.2 Å². The molecule has 6 nitrogen and oxygen atoms in total. The van der Waals surface area contributed by atoms with E-state index >= 15 is 0 Å². The highest BCUT2D eigenvalue weighted by molar-refractivity contribution is 5.93. The monoisotopic (exact) mass is 328 g/mol. The third-order valence-corrected chi connectivity index (χ3v) is 2.47. The van der Waals surface area contributed by atoms with E-state index in [1.165, 1.54) is 16.2 Å². The van der Waals surface area contributed by atoms with Crippen LogP contribution in [0.2, 0.25) is 0 Å². The van der Waals surface area contributed by atoms with Crippen LogP contribution in [-0.2, 0) is 11.3 Å². The van der Waals surface area contributed by atoms with Crippen LogP contribution in [0.1, 0.15) is 16.8 Å². The molecular formula is C11H11F5N3O3+. The number of nitrogens with zero attached hydrogens (tertiary/aromatic N) is 2. The summed E-state index contributed by atoms with van der Waals surface area (Å²) >= 11 is 0. The normalized spacial score (nSPS) is 12.0. The number of aromatic nitrogens is 2. The molecular weight excluding hydrogens is 317 g/mol. The van der Waals surface area contributed by atoms with E-state index in [1.807, 2.05) is 0 Å². The van der Waals surface area contributed by atoms with Crippen LogP contribution in [0, 0.1) is 0 Å². The van der Waals surface area contributed by atoms with Crippen molar-refractivity contribution in [1.82, 2.24) is 10.4 Å². The van der Waals surface area contributed by atoms with Crippen LogP contribution in [0.25, 0.3) is 0 Å². The molecule has 1 heterocycles. The van der Waals surface area contributed by atoms with Gasteiger partial charge in [0.1, 0.15) is 12.6 Å². The average molecular weight is 328 g/mol. The molecule has 0 aliphatic rings. The predicted molar refractivity (Wildman–Crippen MR) is 60.0 cm³/mol. The van der Waals surface area contributed by atoms with Gasteiger partial charge in [0.05, 0.1) is 12.1 Å². The molecule has 0 atom stereocenters. The Bertz CT molecular complexity index is 545. The highest BCUT2D eigenvalue weighted by atomic mass is 19.4. The Hall–Kier alpha value is -2.33. The molecule has 22 heavy (non-hydrogen) atoms. The van der Waals surface area contributed by atoms with E-state index in [-0.39, 0.29) is 18.5 Å². The van der Waals surface area contributed by atoms with Gasteiger partial charge in [-0.15, -0.1) is 0 Å². The lowest BCUT2D eigenvalue weighted by Crippen LogP contribution is -2.47. The first-order valence-corrected chi connectivity index (χ1v) is 5.83. The van der Waals surface area contributed by atoms with Crippen LogP contribution in [0.5, 0.6) is 0 Å². The number of carboxylic acids is 1. The number of carbonyl (C=O) groups is 2. The summed E-state index contributed by atoms with van der Waals surface area (Å²) in [6.07, 6.45) is -3.83. The zero-order chi connectivity index (χ0) is 17.0. The van der Waals surface area contributed by atoms with Crippen molar-refractivity contribution in [3.63, 3.8) is 0 Å². The number of aryl methyl sites for hydroxylation is 1. The zero-order valence-electron chi connectivity index (χ0n) is 10.9. The van der Waals surface area contributed by atoms with Crippen molar-refractivity contribution < 1.29 is 41.3 Å². The fourth-order valence-corrected chi connectivity index (χ4v) is 1.25. The van der Waals surface area contributed by atoms with Crippen molar-refractivity contribution in [2.45, 2.75) is 25.1 Å². The third-order valence-electron chi connectivity index (χ3n) is 2.47. The lowest BCUT2D eigenvalue weighted by molar-refractivity contribution is -0.753. The first-order valence-electron chi connectivity index (χ1n) is 5.83. The molecule has 0 aromatic carbocycles. The maximum absolute atomic E-state index is 12.6. The summed E-state index contributed by atoms with van der Waals surface area (Å²) in [6.45, 7) is -1.87. The van der Waals surface area contributed by atoms with Crippen LogP contribution in [0.15, 0.2) is 18.5 Å². The largest absolute Gasteiger partial charge is 0.481 e. The van der Waals surface area contributed by atoms with E-state index in [9.17, 15) is 31.5 Å². The number of rotatable bonds is 6. The Morgan fingerprint density at radius 1 is 1.27 bits per heavy atom. The first-order chi connectivity index (χ1) is 10.0. The Morgan fingerprint density at radius 3 is 2.36 bits per heavy atom. The number of carbonyl (C=O) groups excluding carboxylic acids is 1. The molecule has 0 saturated heterocycles. The molecule has 1 rings (SSSR count). The van der Waals surface area contributed by atoms with E-state index < -0.39 is 30.5 Å². The van der Waals surface area contributed by atoms with Crippen molar-refractivity contribution in [2.75, 3.05) is 6.54 Å². The Kier molecular flexibility index (Phi) is 5.33. The average Bonchev–Trinajstić information content (AvgIpc) is 2.42. The number of carboxylic acid groups (broad SMARTS) is 1. The number of hydrogen-bond acceptors (Lipinski definition) is 3. The number of amides is 1. The lowest BCUT2D eigenvalue weighted by atomic mass is 10.2. The van der Waals surface area contributed by atoms with Crippen LogP contribution in [0.4, 0.5) is 22.0 Å². The molecule has 1 aromatic rings. The SMILES string of the molecule is O=C(O)CC[n+]1ccc(C(=O)NCC(F)(F)C(F)(F)F)cn1. The number of nitrogens with one attached hydrogen (secondary N) is 1. The second-order valence-corrected chi connectivity index (χ2v) is 4.21. The van der Waals surface area contributed by atoms with Crippen molar-refractivity contribution in [2.24, 2.45) is 0 Å². The zero-order valence-corrected chi connectivity index (χ0v) is 10.9. The summed E-state index contributed by atoms with van der Waals surface area (Å²) in [6, 6.07) is 1.12. The van der Waals surface area contributed by atoms with Gasteiger partial charge in [0.15, 0.2) is 12.7 Å². The molecule has 122 valence electrons. The molecule has 2 N–H and O–H groups in total. The van der Waals surface area contributed by atoms with Gasteiger partial charge in [-0.3, -0.25) is 9.59 Å². The van der Waals surface area contributed by atoms with Gasteiger partial charge in [-0.1, -0.05) is 4.68 Å². The van der Waals surface area contributed by atoms with E-state index in [2.05, 4.69) is 5.10 Å². The van der Waals surface area contributed by atoms with Crippen molar-refractivity contribution >= 4 is 11.9 Å². The predicted octanol–water partition coefficient (Wildman–Crippen LogP) is 0.771. The highest BCUT2D eigenvalue weighted by Crippen LogP contribution is 2.34. The van der Waals surface area contributed by atoms with Gasteiger partial charge >= 0.3 is 18.1 Å². The molecule has 0 aliphatic heterocycles. The van der Waals surface area contributed by atoms with Crippen molar-refractivity contribution in [3.05, 3.63) is 24.0 Å². The van der Waals surface area contributed by atoms with Crippen LogP contribution >= 0.6 is 0 Å². The minimum Gasteiger partial charge on any atom is -0.481 e. The maximum atomic E-state index is 12.6. The van der Waals surface area contributed by atoms with Gasteiger partial charge in [-0.25, -0.2) is 0 Å². The van der Waals surface area contributed by atoms with Gasteiger partial charge in [0, 0.05) is 6.07 Å². The minimum atomic E-state index is -5.75. The van der Waals surface area contributed by atoms with Crippen LogP contribution in [-0.4, -0.2) is 40.7 Å². The maximum Gasteiger partial charge on any atom is 0.455 e. The highest BCUT2D eigenvalue weighted by Gasteiger charge is 2.57. The second kappa shape index (κ2) is 6.62. The minimum absolute atomic E-state index is 0.0172. The summed E-state index contributed by atoms with van der Waals surface area (Å²) in [4.78, 5) is 21.8. The fraction of sp³-hybridized carbons (Fsp3) is 0.455. The molecule has 0 fully saturated rings. The van der Waals surface area contributed by atoms with Gasteiger partial charge in [0.25, 0.3) is 5.91 Å². The van der Waals surface area contributed by atoms with Crippen LogP contribution in [0.3, 0.4) is 0 Å². The fourth-order valence-electron chi connectivity index (χ4n) is 1.25. The lowest BCUT2D eigenvalue weighted by Gasteiger charge is -2.19. The first kappa shape index (κ1) is 17.7. The number of halogens is 5. The van der Waals surface area contributed by atoms with Gasteiger partial charge in [-0.2, -0.15) is 22.0 Å².